The molecule has 0 heterocycles. The van der Waals surface area contributed by atoms with Gasteiger partial charge < -0.3 is 20.1 Å². The number of carbonyl (C=O) groups excluding carboxylic acids is 1. The van der Waals surface area contributed by atoms with Crippen LogP contribution in [0.5, 0.6) is 0 Å². The maximum atomic E-state index is 11.5. The van der Waals surface area contributed by atoms with Gasteiger partial charge in [-0.15, -0.1) is 0 Å². The summed E-state index contributed by atoms with van der Waals surface area (Å²) in [4.78, 5) is 11.5. The van der Waals surface area contributed by atoms with E-state index in [4.69, 9.17) is 4.74 Å². The fourth-order valence-corrected chi connectivity index (χ4v) is 4.07. The lowest BCUT2D eigenvalue weighted by molar-refractivity contribution is -0.147. The Morgan fingerprint density at radius 3 is 2.50 bits per heavy atom. The lowest BCUT2D eigenvalue weighted by Crippen LogP contribution is -2.20. The topological polar surface area (TPSA) is 87.0 Å². The Morgan fingerprint density at radius 1 is 1.07 bits per heavy atom. The zero-order valence-corrected chi connectivity index (χ0v) is 19.2. The predicted molar refractivity (Wildman–Crippen MR) is 121 cm³/mol. The average Bonchev–Trinajstić information content (AvgIpc) is 2.94. The van der Waals surface area contributed by atoms with Crippen LogP contribution in [0.25, 0.3) is 0 Å². The second-order valence-electron chi connectivity index (χ2n) is 8.90. The van der Waals surface area contributed by atoms with E-state index >= 15 is 0 Å². The molecule has 1 saturated carbocycles. The minimum atomic E-state index is -0.572. The van der Waals surface area contributed by atoms with Crippen LogP contribution in [0.2, 0.25) is 0 Å². The first kappa shape index (κ1) is 26.9. The van der Waals surface area contributed by atoms with Crippen LogP contribution in [0.3, 0.4) is 0 Å². The van der Waals surface area contributed by atoms with E-state index in [-0.39, 0.29) is 23.9 Å². The molecule has 3 N–H and O–H groups in total. The molecule has 30 heavy (non-hydrogen) atoms. The van der Waals surface area contributed by atoms with Crippen LogP contribution in [0.1, 0.15) is 91.4 Å². The highest BCUT2D eigenvalue weighted by Crippen LogP contribution is 2.36. The molecule has 5 atom stereocenters. The highest BCUT2D eigenvalue weighted by Gasteiger charge is 2.39. The van der Waals surface area contributed by atoms with Gasteiger partial charge in [0.2, 0.25) is 0 Å². The average molecular weight is 425 g/mol. The number of aliphatic hydroxyl groups is 3. The molecule has 0 aromatic carbocycles. The summed E-state index contributed by atoms with van der Waals surface area (Å²) in [5.74, 6) is -0.350. The number of rotatable bonds is 15. The molecule has 0 aromatic rings. The maximum Gasteiger partial charge on any atom is 0.306 e. The molecule has 0 unspecified atom stereocenters. The van der Waals surface area contributed by atoms with Gasteiger partial charge in [-0.3, -0.25) is 4.79 Å². The molecule has 1 aliphatic carbocycles. The van der Waals surface area contributed by atoms with Gasteiger partial charge >= 0.3 is 5.97 Å². The summed E-state index contributed by atoms with van der Waals surface area (Å²) in [6.45, 7) is 5.88. The molecule has 1 fully saturated rings. The van der Waals surface area contributed by atoms with E-state index in [0.29, 0.717) is 19.3 Å². The quantitative estimate of drug-likeness (QED) is 0.202. The number of carbonyl (C=O) groups is 1. The summed E-state index contributed by atoms with van der Waals surface area (Å²) in [5, 5.41) is 30.8. The molecule has 0 aliphatic heterocycles. The van der Waals surface area contributed by atoms with E-state index in [1.54, 1.807) is 6.08 Å². The summed E-state index contributed by atoms with van der Waals surface area (Å²) in [7, 11) is 0. The minimum Gasteiger partial charge on any atom is -0.463 e. The standard InChI is InChI=1S/C25H44O5/c1-4-5-6-7-10-13-20(26)16-17-22-21(23(27)18-24(22)28)14-11-8-9-12-15-25(29)30-19(2)3/h8,11,16-17,19-24,26-28H,4-7,9-10,12-15,18H2,1-3H3/t20-,21+,22+,23-,24+/m0/s1. The van der Waals surface area contributed by atoms with E-state index in [0.717, 1.165) is 32.1 Å². The van der Waals surface area contributed by atoms with Gasteiger partial charge in [0.05, 0.1) is 24.4 Å². The SMILES string of the molecule is CCCCCCC[C@H](O)C=C[C@@H]1[C@@H](CC=CCCCC(=O)OC(C)C)[C@@H](O)C[C@H]1O. The van der Waals surface area contributed by atoms with Crippen LogP contribution < -0.4 is 0 Å². The van der Waals surface area contributed by atoms with Crippen LogP contribution in [-0.2, 0) is 9.53 Å². The Balaban J connectivity index is 2.37. The van der Waals surface area contributed by atoms with Crippen molar-refractivity contribution in [3.63, 3.8) is 0 Å². The Hall–Kier alpha value is -1.17. The number of aliphatic hydroxyl groups excluding tert-OH is 3. The third-order valence-electron chi connectivity index (χ3n) is 5.77. The van der Waals surface area contributed by atoms with Crippen molar-refractivity contribution < 1.29 is 24.9 Å². The van der Waals surface area contributed by atoms with Crippen LogP contribution in [-0.4, -0.2) is 45.7 Å². The smallest absolute Gasteiger partial charge is 0.306 e. The third-order valence-corrected chi connectivity index (χ3v) is 5.77. The number of esters is 1. The van der Waals surface area contributed by atoms with Crippen molar-refractivity contribution in [2.75, 3.05) is 0 Å². The number of allylic oxidation sites excluding steroid dienone is 2. The molecular weight excluding hydrogens is 380 g/mol. The molecule has 5 nitrogen and oxygen atoms in total. The maximum absolute atomic E-state index is 11.5. The van der Waals surface area contributed by atoms with Gasteiger partial charge in [0, 0.05) is 18.8 Å². The van der Waals surface area contributed by atoms with Crippen molar-refractivity contribution >= 4 is 5.97 Å². The molecular formula is C25H44O5. The number of hydrogen-bond donors (Lipinski definition) is 3. The summed E-state index contributed by atoms with van der Waals surface area (Å²) >= 11 is 0. The first-order valence-electron chi connectivity index (χ1n) is 11.9. The largest absolute Gasteiger partial charge is 0.463 e. The Labute approximate surface area is 183 Å². The number of unbranched alkanes of at least 4 members (excludes halogenated alkanes) is 5. The van der Waals surface area contributed by atoms with E-state index in [2.05, 4.69) is 6.92 Å². The molecule has 1 rings (SSSR count). The van der Waals surface area contributed by atoms with Crippen molar-refractivity contribution in [1.82, 2.24) is 0 Å². The first-order chi connectivity index (χ1) is 14.3. The first-order valence-corrected chi connectivity index (χ1v) is 11.9. The fourth-order valence-electron chi connectivity index (χ4n) is 4.07. The van der Waals surface area contributed by atoms with E-state index in [1.165, 1.54) is 19.3 Å². The van der Waals surface area contributed by atoms with Crippen molar-refractivity contribution in [3.8, 4) is 0 Å². The van der Waals surface area contributed by atoms with Crippen LogP contribution in [0.15, 0.2) is 24.3 Å². The van der Waals surface area contributed by atoms with Crippen molar-refractivity contribution in [3.05, 3.63) is 24.3 Å². The molecule has 0 bridgehead atoms. The van der Waals surface area contributed by atoms with E-state index < -0.39 is 18.3 Å². The lowest BCUT2D eigenvalue weighted by atomic mass is 9.89. The van der Waals surface area contributed by atoms with Crippen molar-refractivity contribution in [2.24, 2.45) is 11.8 Å². The second kappa shape index (κ2) is 15.6. The highest BCUT2D eigenvalue weighted by molar-refractivity contribution is 5.69. The van der Waals surface area contributed by atoms with Crippen LogP contribution in [0, 0.1) is 11.8 Å². The summed E-state index contributed by atoms with van der Waals surface area (Å²) in [6.07, 6.45) is 15.7. The van der Waals surface area contributed by atoms with E-state index in [9.17, 15) is 20.1 Å². The van der Waals surface area contributed by atoms with Crippen LogP contribution >= 0.6 is 0 Å². The van der Waals surface area contributed by atoms with Crippen molar-refractivity contribution in [1.29, 1.82) is 0 Å². The monoisotopic (exact) mass is 424 g/mol. The zero-order chi connectivity index (χ0) is 22.4. The van der Waals surface area contributed by atoms with Gasteiger partial charge in [0.15, 0.2) is 0 Å². The Kier molecular flexibility index (Phi) is 14.0. The fraction of sp³-hybridized carbons (Fsp3) is 0.800. The summed E-state index contributed by atoms with van der Waals surface area (Å²) < 4.78 is 5.11. The second-order valence-corrected chi connectivity index (χ2v) is 8.90. The normalized spacial score (nSPS) is 25.6. The van der Waals surface area contributed by atoms with Gasteiger partial charge in [-0.25, -0.2) is 0 Å². The van der Waals surface area contributed by atoms with Gasteiger partial charge in [-0.05, 0) is 45.4 Å². The molecule has 0 aromatic heterocycles. The Morgan fingerprint density at radius 2 is 1.80 bits per heavy atom. The molecule has 0 radical (unpaired) electrons. The van der Waals surface area contributed by atoms with Gasteiger partial charge in [-0.1, -0.05) is 63.3 Å². The molecule has 0 saturated heterocycles. The van der Waals surface area contributed by atoms with Gasteiger partial charge in [0.25, 0.3) is 0 Å². The highest BCUT2D eigenvalue weighted by atomic mass is 16.5. The molecule has 1 aliphatic rings. The number of hydrogen-bond acceptors (Lipinski definition) is 5. The van der Waals surface area contributed by atoms with Gasteiger partial charge in [0.1, 0.15) is 0 Å². The molecule has 0 spiro atoms. The molecule has 5 heteroatoms. The molecule has 0 amide bonds. The van der Waals surface area contributed by atoms with Crippen LogP contribution in [0.4, 0.5) is 0 Å². The molecule has 174 valence electrons. The Bertz CT molecular complexity index is 514. The predicted octanol–water partition coefficient (Wildman–Crippen LogP) is 4.69. The minimum absolute atomic E-state index is 0.0461. The summed E-state index contributed by atoms with van der Waals surface area (Å²) in [6, 6.07) is 0. The van der Waals surface area contributed by atoms with Gasteiger partial charge in [-0.2, -0.15) is 0 Å². The van der Waals surface area contributed by atoms with Crippen molar-refractivity contribution in [2.45, 2.75) is 116 Å². The summed E-state index contributed by atoms with van der Waals surface area (Å²) in [5.41, 5.74) is 0. The van der Waals surface area contributed by atoms with E-state index in [1.807, 2.05) is 32.1 Å². The number of ether oxygens (including phenoxy) is 1. The third kappa shape index (κ3) is 11.3. The lowest BCUT2D eigenvalue weighted by Gasteiger charge is -2.19. The zero-order valence-electron chi connectivity index (χ0n) is 19.2.